The second-order valence-electron chi connectivity index (χ2n) is 5.10. The van der Waals surface area contributed by atoms with E-state index in [-0.39, 0.29) is 0 Å². The van der Waals surface area contributed by atoms with Gasteiger partial charge in [0.2, 0.25) is 0 Å². The van der Waals surface area contributed by atoms with Crippen molar-refractivity contribution in [3.63, 3.8) is 0 Å². The van der Waals surface area contributed by atoms with Crippen molar-refractivity contribution in [2.45, 2.75) is 51.0 Å². The molecular formula is C14H20ClNO. The number of rotatable bonds is 3. The summed E-state index contributed by atoms with van der Waals surface area (Å²) in [7, 11) is 0. The van der Waals surface area contributed by atoms with Crippen LogP contribution in [0.25, 0.3) is 0 Å². The van der Waals surface area contributed by atoms with E-state index in [0.717, 1.165) is 31.2 Å². The first kappa shape index (κ1) is 12.8. The van der Waals surface area contributed by atoms with Crippen LogP contribution in [0.5, 0.6) is 0 Å². The molecule has 0 spiro atoms. The van der Waals surface area contributed by atoms with Crippen molar-refractivity contribution in [1.29, 1.82) is 0 Å². The first-order valence-electron chi connectivity index (χ1n) is 6.46. The summed E-state index contributed by atoms with van der Waals surface area (Å²) in [5, 5.41) is 11.5. The summed E-state index contributed by atoms with van der Waals surface area (Å²) in [6.07, 6.45) is 9.49. The van der Waals surface area contributed by atoms with Gasteiger partial charge in [-0.05, 0) is 30.4 Å². The zero-order valence-corrected chi connectivity index (χ0v) is 11.1. The molecule has 2 rings (SSSR count). The molecule has 0 radical (unpaired) electrons. The highest BCUT2D eigenvalue weighted by molar-refractivity contribution is 6.31. The number of aromatic nitrogens is 1. The van der Waals surface area contributed by atoms with Gasteiger partial charge in [0.25, 0.3) is 0 Å². The summed E-state index contributed by atoms with van der Waals surface area (Å²) < 4.78 is 0. The van der Waals surface area contributed by atoms with Gasteiger partial charge in [0, 0.05) is 18.8 Å². The zero-order chi connectivity index (χ0) is 12.3. The SMILES string of the molecule is CCC1CCCCC1(O)Cc1ccncc1Cl. The molecule has 17 heavy (non-hydrogen) atoms. The van der Waals surface area contributed by atoms with E-state index in [1.54, 1.807) is 12.4 Å². The molecule has 1 aliphatic carbocycles. The lowest BCUT2D eigenvalue weighted by Crippen LogP contribution is -2.42. The third-order valence-corrected chi connectivity index (χ3v) is 4.36. The van der Waals surface area contributed by atoms with Gasteiger partial charge in [-0.15, -0.1) is 0 Å². The van der Waals surface area contributed by atoms with Gasteiger partial charge in [-0.2, -0.15) is 0 Å². The summed E-state index contributed by atoms with van der Waals surface area (Å²) in [6, 6.07) is 1.92. The van der Waals surface area contributed by atoms with Crippen LogP contribution in [0.3, 0.4) is 0 Å². The second kappa shape index (κ2) is 5.36. The van der Waals surface area contributed by atoms with E-state index in [9.17, 15) is 5.11 Å². The van der Waals surface area contributed by atoms with Gasteiger partial charge in [-0.25, -0.2) is 0 Å². The normalized spacial score (nSPS) is 29.2. The van der Waals surface area contributed by atoms with Gasteiger partial charge in [0.05, 0.1) is 10.6 Å². The number of hydrogen-bond donors (Lipinski definition) is 1. The fourth-order valence-electron chi connectivity index (χ4n) is 2.99. The summed E-state index contributed by atoms with van der Waals surface area (Å²) in [5.74, 6) is 0.403. The molecular weight excluding hydrogens is 234 g/mol. The number of pyridine rings is 1. The first-order chi connectivity index (χ1) is 8.15. The van der Waals surface area contributed by atoms with E-state index in [1.807, 2.05) is 6.07 Å². The predicted octanol–water partition coefficient (Wildman–Crippen LogP) is 3.61. The highest BCUT2D eigenvalue weighted by Crippen LogP contribution is 2.39. The Bertz CT molecular complexity index is 382. The third kappa shape index (κ3) is 2.80. The zero-order valence-electron chi connectivity index (χ0n) is 10.3. The van der Waals surface area contributed by atoms with Gasteiger partial charge in [-0.1, -0.05) is 37.8 Å². The number of halogens is 1. The van der Waals surface area contributed by atoms with Crippen LogP contribution >= 0.6 is 11.6 Å². The first-order valence-corrected chi connectivity index (χ1v) is 6.84. The summed E-state index contributed by atoms with van der Waals surface area (Å²) in [6.45, 7) is 2.16. The van der Waals surface area contributed by atoms with E-state index >= 15 is 0 Å². The standard InChI is InChI=1S/C14H20ClNO/c1-2-12-5-3-4-7-14(12,17)9-11-6-8-16-10-13(11)15/h6,8,10,12,17H,2-5,7,9H2,1H3. The molecule has 2 atom stereocenters. The van der Waals surface area contributed by atoms with Crippen LogP contribution in [0.1, 0.15) is 44.6 Å². The molecule has 0 amide bonds. The quantitative estimate of drug-likeness (QED) is 0.893. The maximum Gasteiger partial charge on any atom is 0.0716 e. The minimum Gasteiger partial charge on any atom is -0.389 e. The topological polar surface area (TPSA) is 33.1 Å². The summed E-state index contributed by atoms with van der Waals surface area (Å²) in [5.41, 5.74) is 0.447. The maximum atomic E-state index is 10.8. The van der Waals surface area contributed by atoms with Crippen LogP contribution in [0, 0.1) is 5.92 Å². The van der Waals surface area contributed by atoms with Crippen molar-refractivity contribution in [3.05, 3.63) is 29.0 Å². The predicted molar refractivity (Wildman–Crippen MR) is 70.1 cm³/mol. The molecule has 94 valence electrons. The molecule has 1 aromatic rings. The lowest BCUT2D eigenvalue weighted by atomic mass is 9.71. The molecule has 1 fully saturated rings. The second-order valence-corrected chi connectivity index (χ2v) is 5.51. The van der Waals surface area contributed by atoms with Crippen molar-refractivity contribution < 1.29 is 5.11 Å². The highest BCUT2D eigenvalue weighted by atomic mass is 35.5. The Balaban J connectivity index is 2.18. The van der Waals surface area contributed by atoms with Crippen LogP contribution in [0.15, 0.2) is 18.5 Å². The van der Waals surface area contributed by atoms with Gasteiger partial charge >= 0.3 is 0 Å². The highest BCUT2D eigenvalue weighted by Gasteiger charge is 2.37. The Morgan fingerprint density at radius 2 is 2.35 bits per heavy atom. The minimum absolute atomic E-state index is 0.403. The number of nitrogens with zero attached hydrogens (tertiary/aromatic N) is 1. The van der Waals surface area contributed by atoms with Crippen LogP contribution < -0.4 is 0 Å². The van der Waals surface area contributed by atoms with E-state index in [1.165, 1.54) is 6.42 Å². The Hall–Kier alpha value is -0.600. The smallest absolute Gasteiger partial charge is 0.0716 e. The van der Waals surface area contributed by atoms with Crippen molar-refractivity contribution in [1.82, 2.24) is 4.98 Å². The van der Waals surface area contributed by atoms with Crippen LogP contribution in [-0.4, -0.2) is 15.7 Å². The summed E-state index contributed by atoms with van der Waals surface area (Å²) in [4.78, 5) is 3.99. The third-order valence-electron chi connectivity index (χ3n) is 4.02. The lowest BCUT2D eigenvalue weighted by Gasteiger charge is -2.40. The van der Waals surface area contributed by atoms with E-state index < -0.39 is 5.60 Å². The number of aliphatic hydroxyl groups is 1. The molecule has 0 aliphatic heterocycles. The largest absolute Gasteiger partial charge is 0.389 e. The molecule has 2 unspecified atom stereocenters. The van der Waals surface area contributed by atoms with E-state index in [0.29, 0.717) is 17.4 Å². The van der Waals surface area contributed by atoms with Gasteiger partial charge < -0.3 is 5.11 Å². The molecule has 0 saturated heterocycles. The van der Waals surface area contributed by atoms with Crippen molar-refractivity contribution in [3.8, 4) is 0 Å². The minimum atomic E-state index is -0.571. The Morgan fingerprint density at radius 3 is 3.06 bits per heavy atom. The van der Waals surface area contributed by atoms with Crippen LogP contribution in [0.2, 0.25) is 5.02 Å². The van der Waals surface area contributed by atoms with Crippen molar-refractivity contribution >= 4 is 11.6 Å². The van der Waals surface area contributed by atoms with Gasteiger partial charge in [-0.3, -0.25) is 4.98 Å². The lowest BCUT2D eigenvalue weighted by molar-refractivity contribution is -0.0491. The Kier molecular flexibility index (Phi) is 4.05. The van der Waals surface area contributed by atoms with Gasteiger partial charge in [0.1, 0.15) is 0 Å². The van der Waals surface area contributed by atoms with Crippen LogP contribution in [0.4, 0.5) is 0 Å². The Morgan fingerprint density at radius 1 is 1.53 bits per heavy atom. The number of hydrogen-bond acceptors (Lipinski definition) is 2. The average molecular weight is 254 g/mol. The molecule has 3 heteroatoms. The van der Waals surface area contributed by atoms with E-state index in [2.05, 4.69) is 11.9 Å². The average Bonchev–Trinajstić information content (AvgIpc) is 2.32. The fraction of sp³-hybridized carbons (Fsp3) is 0.643. The van der Waals surface area contributed by atoms with Crippen LogP contribution in [-0.2, 0) is 6.42 Å². The van der Waals surface area contributed by atoms with Gasteiger partial charge in [0.15, 0.2) is 0 Å². The maximum absolute atomic E-state index is 10.8. The van der Waals surface area contributed by atoms with Crippen molar-refractivity contribution in [2.75, 3.05) is 0 Å². The fourth-order valence-corrected chi connectivity index (χ4v) is 3.17. The van der Waals surface area contributed by atoms with Crippen molar-refractivity contribution in [2.24, 2.45) is 5.92 Å². The molecule has 2 nitrogen and oxygen atoms in total. The molecule has 1 aliphatic rings. The molecule has 0 bridgehead atoms. The Labute approximate surface area is 108 Å². The molecule has 0 aromatic carbocycles. The molecule has 1 heterocycles. The molecule has 1 saturated carbocycles. The van der Waals surface area contributed by atoms with E-state index in [4.69, 9.17) is 11.6 Å². The summed E-state index contributed by atoms with van der Waals surface area (Å²) >= 11 is 6.12. The monoisotopic (exact) mass is 253 g/mol. The molecule has 1 N–H and O–H groups in total. The molecule has 1 aromatic heterocycles.